The summed E-state index contributed by atoms with van der Waals surface area (Å²) in [5.74, 6) is 0. The van der Waals surface area contributed by atoms with Crippen molar-refractivity contribution in [2.24, 2.45) is 5.41 Å². The van der Waals surface area contributed by atoms with Crippen LogP contribution in [0, 0.1) is 5.41 Å². The molecule has 3 N–H and O–H groups in total. The molecule has 3 nitrogen and oxygen atoms in total. The molecule has 0 aliphatic heterocycles. The van der Waals surface area contributed by atoms with Crippen LogP contribution in [0.4, 0.5) is 5.69 Å². The molecule has 1 rings (SSSR count). The molecule has 1 aromatic rings. The molecule has 1 heterocycles. The number of anilines is 1. The summed E-state index contributed by atoms with van der Waals surface area (Å²) in [6, 6.07) is 1.77. The SMILES string of the molecule is CC(C)(C)CCC(C)(O)Cc1cnccc1N. The third-order valence-electron chi connectivity index (χ3n) is 2.93. The van der Waals surface area contributed by atoms with Crippen LogP contribution in [0.15, 0.2) is 18.5 Å². The molecule has 0 aliphatic carbocycles. The van der Waals surface area contributed by atoms with E-state index in [9.17, 15) is 5.11 Å². The summed E-state index contributed by atoms with van der Waals surface area (Å²) in [6.07, 6.45) is 5.72. The van der Waals surface area contributed by atoms with Crippen LogP contribution >= 0.6 is 0 Å². The Bertz CT molecular complexity index is 367. The first-order valence-corrected chi connectivity index (χ1v) is 6.10. The van der Waals surface area contributed by atoms with Gasteiger partial charge >= 0.3 is 0 Å². The molecular weight excluding hydrogens is 212 g/mol. The van der Waals surface area contributed by atoms with Crippen molar-refractivity contribution in [2.75, 3.05) is 5.73 Å². The summed E-state index contributed by atoms with van der Waals surface area (Å²) < 4.78 is 0. The Morgan fingerprint density at radius 1 is 1.24 bits per heavy atom. The number of rotatable bonds is 4. The number of pyridine rings is 1. The Morgan fingerprint density at radius 2 is 1.88 bits per heavy atom. The minimum atomic E-state index is -0.718. The molecule has 3 heteroatoms. The fourth-order valence-electron chi connectivity index (χ4n) is 1.73. The summed E-state index contributed by atoms with van der Waals surface area (Å²) in [5.41, 5.74) is 7.01. The van der Waals surface area contributed by atoms with E-state index >= 15 is 0 Å². The first-order valence-electron chi connectivity index (χ1n) is 6.10. The van der Waals surface area contributed by atoms with Gasteiger partial charge in [-0.2, -0.15) is 0 Å². The van der Waals surface area contributed by atoms with E-state index in [4.69, 9.17) is 5.73 Å². The zero-order valence-corrected chi connectivity index (χ0v) is 11.3. The Morgan fingerprint density at radius 3 is 2.41 bits per heavy atom. The van der Waals surface area contributed by atoms with Crippen molar-refractivity contribution in [3.05, 3.63) is 24.0 Å². The molecule has 0 bridgehead atoms. The highest BCUT2D eigenvalue weighted by molar-refractivity contribution is 5.44. The fraction of sp³-hybridized carbons (Fsp3) is 0.643. The van der Waals surface area contributed by atoms with Gasteiger partial charge in [-0.25, -0.2) is 0 Å². The van der Waals surface area contributed by atoms with Crippen molar-refractivity contribution in [2.45, 2.75) is 52.6 Å². The van der Waals surface area contributed by atoms with E-state index in [0.29, 0.717) is 12.1 Å². The molecule has 17 heavy (non-hydrogen) atoms. The van der Waals surface area contributed by atoms with Crippen LogP contribution in [0.2, 0.25) is 0 Å². The fourth-order valence-corrected chi connectivity index (χ4v) is 1.73. The lowest BCUT2D eigenvalue weighted by Gasteiger charge is -2.28. The average molecular weight is 236 g/mol. The zero-order valence-electron chi connectivity index (χ0n) is 11.3. The van der Waals surface area contributed by atoms with E-state index in [0.717, 1.165) is 18.4 Å². The van der Waals surface area contributed by atoms with Crippen LogP contribution in [0.25, 0.3) is 0 Å². The van der Waals surface area contributed by atoms with E-state index in [1.165, 1.54) is 0 Å². The van der Waals surface area contributed by atoms with Gasteiger partial charge in [0.1, 0.15) is 0 Å². The summed E-state index contributed by atoms with van der Waals surface area (Å²) >= 11 is 0. The molecule has 0 radical (unpaired) electrons. The smallest absolute Gasteiger partial charge is 0.0661 e. The largest absolute Gasteiger partial charge is 0.398 e. The van der Waals surface area contributed by atoms with E-state index < -0.39 is 5.60 Å². The predicted molar refractivity (Wildman–Crippen MR) is 71.7 cm³/mol. The van der Waals surface area contributed by atoms with Gasteiger partial charge in [0.15, 0.2) is 0 Å². The Kier molecular flexibility index (Phi) is 4.15. The molecule has 96 valence electrons. The maximum atomic E-state index is 10.4. The standard InChI is InChI=1S/C14H24N2O/c1-13(2,3)6-7-14(4,17)9-11-10-16-8-5-12(11)15/h5,8,10,17H,6-7,9H2,1-4H3,(H2,15,16). The number of aromatic nitrogens is 1. The topological polar surface area (TPSA) is 59.1 Å². The summed E-state index contributed by atoms with van der Waals surface area (Å²) in [7, 11) is 0. The predicted octanol–water partition coefficient (Wildman–Crippen LogP) is 2.78. The Balaban J connectivity index is 2.64. The highest BCUT2D eigenvalue weighted by atomic mass is 16.3. The van der Waals surface area contributed by atoms with E-state index in [1.54, 1.807) is 18.5 Å². The van der Waals surface area contributed by atoms with Crippen molar-refractivity contribution in [3.63, 3.8) is 0 Å². The van der Waals surface area contributed by atoms with Crippen molar-refractivity contribution < 1.29 is 5.11 Å². The zero-order chi connectivity index (χ0) is 13.1. The minimum absolute atomic E-state index is 0.241. The van der Waals surface area contributed by atoms with E-state index in [2.05, 4.69) is 25.8 Å². The number of nitrogen functional groups attached to an aromatic ring is 1. The average Bonchev–Trinajstić information content (AvgIpc) is 2.18. The number of aliphatic hydroxyl groups is 1. The van der Waals surface area contributed by atoms with Gasteiger partial charge in [0.25, 0.3) is 0 Å². The third-order valence-corrected chi connectivity index (χ3v) is 2.93. The summed E-state index contributed by atoms with van der Waals surface area (Å²) in [6.45, 7) is 8.41. The molecular formula is C14H24N2O. The first kappa shape index (κ1) is 14.0. The molecule has 0 aromatic carbocycles. The quantitative estimate of drug-likeness (QED) is 0.845. The molecule has 1 unspecified atom stereocenters. The monoisotopic (exact) mass is 236 g/mol. The number of nitrogens with two attached hydrogens (primary N) is 1. The lowest BCUT2D eigenvalue weighted by Crippen LogP contribution is -2.29. The van der Waals surface area contributed by atoms with Crippen LogP contribution in [-0.2, 0) is 6.42 Å². The van der Waals surface area contributed by atoms with Crippen LogP contribution in [0.5, 0.6) is 0 Å². The van der Waals surface area contributed by atoms with Crippen molar-refractivity contribution in [1.82, 2.24) is 4.98 Å². The summed E-state index contributed by atoms with van der Waals surface area (Å²) in [5, 5.41) is 10.4. The van der Waals surface area contributed by atoms with Crippen LogP contribution in [-0.4, -0.2) is 15.7 Å². The van der Waals surface area contributed by atoms with Crippen molar-refractivity contribution >= 4 is 5.69 Å². The third kappa shape index (κ3) is 5.18. The Labute approximate surface area is 104 Å². The summed E-state index contributed by atoms with van der Waals surface area (Å²) in [4.78, 5) is 4.05. The highest BCUT2D eigenvalue weighted by Gasteiger charge is 2.24. The van der Waals surface area contributed by atoms with Crippen molar-refractivity contribution in [1.29, 1.82) is 0 Å². The molecule has 0 aliphatic rings. The van der Waals surface area contributed by atoms with E-state index in [1.807, 2.05) is 6.92 Å². The van der Waals surface area contributed by atoms with Crippen molar-refractivity contribution in [3.8, 4) is 0 Å². The van der Waals surface area contributed by atoms with Gasteiger partial charge in [-0.05, 0) is 36.8 Å². The molecule has 0 spiro atoms. The van der Waals surface area contributed by atoms with Crippen LogP contribution in [0.3, 0.4) is 0 Å². The number of hydrogen-bond acceptors (Lipinski definition) is 3. The lowest BCUT2D eigenvalue weighted by molar-refractivity contribution is 0.0397. The second kappa shape index (κ2) is 5.05. The van der Waals surface area contributed by atoms with Crippen LogP contribution < -0.4 is 5.73 Å². The lowest BCUT2D eigenvalue weighted by atomic mass is 9.83. The van der Waals surface area contributed by atoms with Gasteiger partial charge < -0.3 is 10.8 Å². The molecule has 1 atom stereocenters. The van der Waals surface area contributed by atoms with E-state index in [-0.39, 0.29) is 5.41 Å². The highest BCUT2D eigenvalue weighted by Crippen LogP contribution is 2.28. The van der Waals surface area contributed by atoms with Gasteiger partial charge in [0, 0.05) is 24.5 Å². The van der Waals surface area contributed by atoms with Gasteiger partial charge in [0.2, 0.25) is 0 Å². The number of hydrogen-bond donors (Lipinski definition) is 2. The second-order valence-electron chi connectivity index (χ2n) is 6.31. The molecule has 0 saturated carbocycles. The minimum Gasteiger partial charge on any atom is -0.398 e. The maximum absolute atomic E-state index is 10.4. The maximum Gasteiger partial charge on any atom is 0.0661 e. The Hall–Kier alpha value is -1.09. The van der Waals surface area contributed by atoms with Gasteiger partial charge in [0.05, 0.1) is 5.60 Å². The van der Waals surface area contributed by atoms with Crippen LogP contribution in [0.1, 0.15) is 46.1 Å². The first-order chi connectivity index (χ1) is 7.70. The molecule has 0 amide bonds. The van der Waals surface area contributed by atoms with Gasteiger partial charge in [-0.3, -0.25) is 4.98 Å². The second-order valence-corrected chi connectivity index (χ2v) is 6.31. The molecule has 1 aromatic heterocycles. The van der Waals surface area contributed by atoms with Gasteiger partial charge in [-0.1, -0.05) is 20.8 Å². The normalized spacial score (nSPS) is 15.6. The number of nitrogens with zero attached hydrogens (tertiary/aromatic N) is 1. The van der Waals surface area contributed by atoms with Gasteiger partial charge in [-0.15, -0.1) is 0 Å². The molecule has 0 fully saturated rings. The molecule has 0 saturated heterocycles.